The number of rotatable bonds is 2. The maximum atomic E-state index is 12.7. The Balaban J connectivity index is 2.41. The zero-order chi connectivity index (χ0) is 14.9. The summed E-state index contributed by atoms with van der Waals surface area (Å²) < 4.78 is 38.2. The van der Waals surface area contributed by atoms with Crippen LogP contribution in [-0.4, -0.2) is 0 Å². The number of alkyl halides is 4. The van der Waals surface area contributed by atoms with Crippen LogP contribution in [0.2, 0.25) is 0 Å². The number of aryl methyl sites for hydroxylation is 2. The van der Waals surface area contributed by atoms with Crippen molar-refractivity contribution in [1.29, 1.82) is 0 Å². The summed E-state index contributed by atoms with van der Waals surface area (Å²) in [6, 6.07) is 10.9. The van der Waals surface area contributed by atoms with Gasteiger partial charge in [-0.15, -0.1) is 11.6 Å². The van der Waals surface area contributed by atoms with Gasteiger partial charge in [0.1, 0.15) is 0 Å². The molecule has 0 heterocycles. The SMILES string of the molecule is Cc1ccc(C(Cl)c2cccc(C(F)(F)F)c2)c(C)c1. The lowest BCUT2D eigenvalue weighted by Crippen LogP contribution is -2.06. The fourth-order valence-corrected chi connectivity index (χ4v) is 2.54. The van der Waals surface area contributed by atoms with E-state index < -0.39 is 17.1 Å². The minimum absolute atomic E-state index is 0.452. The van der Waals surface area contributed by atoms with E-state index in [1.54, 1.807) is 6.07 Å². The molecule has 0 radical (unpaired) electrons. The Labute approximate surface area is 121 Å². The summed E-state index contributed by atoms with van der Waals surface area (Å²) in [5, 5.41) is -0.585. The number of hydrogen-bond donors (Lipinski definition) is 0. The van der Waals surface area contributed by atoms with Crippen LogP contribution in [-0.2, 0) is 6.18 Å². The minimum Gasteiger partial charge on any atom is -0.166 e. The van der Waals surface area contributed by atoms with Crippen LogP contribution < -0.4 is 0 Å². The van der Waals surface area contributed by atoms with E-state index in [1.165, 1.54) is 6.07 Å². The maximum Gasteiger partial charge on any atom is 0.416 e. The first-order valence-corrected chi connectivity index (χ1v) is 6.61. The molecule has 0 saturated heterocycles. The molecule has 0 nitrogen and oxygen atoms in total. The molecule has 0 spiro atoms. The van der Waals surface area contributed by atoms with Crippen LogP contribution in [0.5, 0.6) is 0 Å². The Morgan fingerprint density at radius 1 is 1.00 bits per heavy atom. The zero-order valence-corrected chi connectivity index (χ0v) is 11.9. The largest absolute Gasteiger partial charge is 0.416 e. The Morgan fingerprint density at radius 2 is 1.70 bits per heavy atom. The van der Waals surface area contributed by atoms with Crippen molar-refractivity contribution in [2.45, 2.75) is 25.4 Å². The second-order valence-electron chi connectivity index (χ2n) is 4.85. The summed E-state index contributed by atoms with van der Waals surface area (Å²) in [5.41, 5.74) is 2.68. The van der Waals surface area contributed by atoms with Gasteiger partial charge in [0.15, 0.2) is 0 Å². The molecule has 1 unspecified atom stereocenters. The number of benzene rings is 2. The van der Waals surface area contributed by atoms with Gasteiger partial charge in [-0.2, -0.15) is 13.2 Å². The monoisotopic (exact) mass is 298 g/mol. The first-order valence-electron chi connectivity index (χ1n) is 6.17. The van der Waals surface area contributed by atoms with Crippen LogP contribution in [0.25, 0.3) is 0 Å². The summed E-state index contributed by atoms with van der Waals surface area (Å²) in [5.74, 6) is 0. The second-order valence-corrected chi connectivity index (χ2v) is 5.28. The van der Waals surface area contributed by atoms with E-state index in [0.717, 1.165) is 28.8 Å². The molecule has 2 rings (SSSR count). The van der Waals surface area contributed by atoms with Crippen molar-refractivity contribution in [3.8, 4) is 0 Å². The predicted octanol–water partition coefficient (Wildman–Crippen LogP) is 5.65. The number of hydrogen-bond acceptors (Lipinski definition) is 0. The van der Waals surface area contributed by atoms with Gasteiger partial charge in [-0.25, -0.2) is 0 Å². The van der Waals surface area contributed by atoms with Crippen LogP contribution in [0.3, 0.4) is 0 Å². The average Bonchev–Trinajstić information content (AvgIpc) is 2.37. The molecule has 0 aliphatic heterocycles. The van der Waals surface area contributed by atoms with Crippen molar-refractivity contribution < 1.29 is 13.2 Å². The van der Waals surface area contributed by atoms with Crippen molar-refractivity contribution in [3.05, 3.63) is 70.3 Å². The van der Waals surface area contributed by atoms with E-state index in [9.17, 15) is 13.2 Å². The molecule has 0 aromatic heterocycles. The third kappa shape index (κ3) is 3.15. The standard InChI is InChI=1S/C16H14ClF3/c1-10-6-7-14(11(2)8-10)15(17)12-4-3-5-13(9-12)16(18,19)20/h3-9,15H,1-2H3. The van der Waals surface area contributed by atoms with Gasteiger partial charge in [-0.05, 0) is 42.7 Å². The maximum absolute atomic E-state index is 12.7. The molecule has 2 aromatic rings. The summed E-state index contributed by atoms with van der Waals surface area (Å²) in [6.45, 7) is 3.87. The topological polar surface area (TPSA) is 0 Å². The zero-order valence-electron chi connectivity index (χ0n) is 11.1. The summed E-state index contributed by atoms with van der Waals surface area (Å²) in [6.07, 6.45) is -4.35. The first kappa shape index (κ1) is 14.9. The quantitative estimate of drug-likeness (QED) is 0.628. The molecule has 0 aliphatic carbocycles. The van der Waals surface area contributed by atoms with Crippen molar-refractivity contribution in [2.24, 2.45) is 0 Å². The van der Waals surface area contributed by atoms with Crippen molar-refractivity contribution in [3.63, 3.8) is 0 Å². The molecule has 0 amide bonds. The summed E-state index contributed by atoms with van der Waals surface area (Å²) in [4.78, 5) is 0. The van der Waals surface area contributed by atoms with Crippen LogP contribution >= 0.6 is 11.6 Å². The van der Waals surface area contributed by atoms with E-state index >= 15 is 0 Å². The molecule has 4 heteroatoms. The number of halogens is 4. The molecule has 0 aliphatic rings. The lowest BCUT2D eigenvalue weighted by Gasteiger charge is -2.15. The molecule has 106 valence electrons. The molecule has 2 aromatic carbocycles. The third-order valence-corrected chi connectivity index (χ3v) is 3.69. The highest BCUT2D eigenvalue weighted by Gasteiger charge is 2.31. The Bertz CT molecular complexity index is 617. The normalized spacial score (nSPS) is 13.3. The van der Waals surface area contributed by atoms with Gasteiger partial charge in [-0.1, -0.05) is 35.9 Å². The Kier molecular flexibility index (Phi) is 4.09. The van der Waals surface area contributed by atoms with Gasteiger partial charge in [0.25, 0.3) is 0 Å². The molecular formula is C16H14ClF3. The van der Waals surface area contributed by atoms with E-state index in [2.05, 4.69) is 0 Å². The van der Waals surface area contributed by atoms with E-state index in [4.69, 9.17) is 11.6 Å². The lowest BCUT2D eigenvalue weighted by molar-refractivity contribution is -0.137. The highest BCUT2D eigenvalue weighted by atomic mass is 35.5. The van der Waals surface area contributed by atoms with E-state index in [1.807, 2.05) is 32.0 Å². The highest BCUT2D eigenvalue weighted by Crippen LogP contribution is 2.35. The fraction of sp³-hybridized carbons (Fsp3) is 0.250. The van der Waals surface area contributed by atoms with Crippen LogP contribution in [0.15, 0.2) is 42.5 Å². The average molecular weight is 299 g/mol. The van der Waals surface area contributed by atoms with Crippen LogP contribution in [0.1, 0.15) is 33.2 Å². The highest BCUT2D eigenvalue weighted by molar-refractivity contribution is 6.22. The summed E-state index contributed by atoms with van der Waals surface area (Å²) in [7, 11) is 0. The molecule has 20 heavy (non-hydrogen) atoms. The van der Waals surface area contributed by atoms with Crippen molar-refractivity contribution in [1.82, 2.24) is 0 Å². The third-order valence-electron chi connectivity index (χ3n) is 3.20. The van der Waals surface area contributed by atoms with E-state index in [0.29, 0.717) is 5.56 Å². The first-order chi connectivity index (χ1) is 9.29. The molecule has 1 atom stereocenters. The van der Waals surface area contributed by atoms with Crippen LogP contribution in [0, 0.1) is 13.8 Å². The fourth-order valence-electron chi connectivity index (χ4n) is 2.16. The van der Waals surface area contributed by atoms with Gasteiger partial charge < -0.3 is 0 Å². The van der Waals surface area contributed by atoms with Crippen LogP contribution in [0.4, 0.5) is 13.2 Å². The smallest absolute Gasteiger partial charge is 0.166 e. The van der Waals surface area contributed by atoms with Gasteiger partial charge in [0.2, 0.25) is 0 Å². The minimum atomic E-state index is -4.35. The molecule has 0 fully saturated rings. The summed E-state index contributed by atoms with van der Waals surface area (Å²) >= 11 is 6.34. The molecule has 0 N–H and O–H groups in total. The van der Waals surface area contributed by atoms with Crippen molar-refractivity contribution in [2.75, 3.05) is 0 Å². The molecule has 0 bridgehead atoms. The molecule has 0 saturated carbocycles. The molecular weight excluding hydrogens is 285 g/mol. The van der Waals surface area contributed by atoms with Gasteiger partial charge in [0.05, 0.1) is 10.9 Å². The second kappa shape index (κ2) is 5.49. The van der Waals surface area contributed by atoms with Gasteiger partial charge >= 0.3 is 6.18 Å². The van der Waals surface area contributed by atoms with E-state index in [-0.39, 0.29) is 0 Å². The van der Waals surface area contributed by atoms with Crippen molar-refractivity contribution >= 4 is 11.6 Å². The Morgan fingerprint density at radius 3 is 2.30 bits per heavy atom. The Hall–Kier alpha value is -1.48. The van der Waals surface area contributed by atoms with Gasteiger partial charge in [0, 0.05) is 0 Å². The lowest BCUT2D eigenvalue weighted by atomic mass is 9.97. The van der Waals surface area contributed by atoms with Gasteiger partial charge in [-0.3, -0.25) is 0 Å². The predicted molar refractivity (Wildman–Crippen MR) is 75.1 cm³/mol.